The Morgan fingerprint density at radius 1 is 0.220 bits per heavy atom. The summed E-state index contributed by atoms with van der Waals surface area (Å²) in [5.74, 6) is 0. The van der Waals surface area contributed by atoms with Gasteiger partial charge in [-0.05, 0) is 144 Å². The topological polar surface area (TPSA) is 3.24 Å². The third kappa shape index (κ3) is 7.58. The normalized spacial score (nSPS) is 13.9. The van der Waals surface area contributed by atoms with E-state index in [0.717, 1.165) is 49.1 Å². The highest BCUT2D eigenvalue weighted by Crippen LogP contribution is 2.39. The SMILES string of the molecule is [2H]c1c([2H])c(N(c2c([2H])c([2H])c(-c3cccc(-c4ccc5ccccc5c4)c3)c([2H])c2[2H])c2c([2H])c([2H])c(-c3cc(-c4ccccc4)cc(-c4ccccc4)c3)c([2H])c2[2H])c([2H])c([2H])c1-c1ccccc1. The molecule has 0 amide bonds. The van der Waals surface area contributed by atoms with E-state index in [2.05, 4.69) is 0 Å². The van der Waals surface area contributed by atoms with Crippen LogP contribution in [0.5, 0.6) is 0 Å². The average Bonchev–Trinajstić information content (AvgIpc) is 3.40. The Hall–Kier alpha value is -7.74. The van der Waals surface area contributed by atoms with Crippen LogP contribution in [-0.2, 0) is 0 Å². The number of rotatable bonds is 9. The van der Waals surface area contributed by atoms with E-state index in [0.29, 0.717) is 16.7 Å². The standard InChI is InChI=1S/C58H41N/c1-4-13-42(14-5-1)46-25-31-56(32-26-46)59(57-33-27-47(28-34-57)50-21-12-22-51(37-50)52-24-23-45-19-10-11-20-49(45)38-52)58-35-29-48(30-36-58)55-40-53(43-15-6-2-7-16-43)39-54(41-55)44-17-8-3-9-18-44/h1-41H/i25D,26D,27D,28D,29D,30D,31D,32D,33D,34D,35D,36D. The number of anilines is 3. The van der Waals surface area contributed by atoms with Gasteiger partial charge in [-0.2, -0.15) is 0 Å². The second-order valence-electron chi connectivity index (χ2n) is 14.0. The molecular formula is C58H41N. The van der Waals surface area contributed by atoms with Gasteiger partial charge >= 0.3 is 0 Å². The minimum Gasteiger partial charge on any atom is -0.311 e. The highest BCUT2D eigenvalue weighted by Gasteiger charge is 2.15. The van der Waals surface area contributed by atoms with Crippen molar-refractivity contribution in [3.05, 3.63) is 248 Å². The minimum atomic E-state index is -0.680. The van der Waals surface area contributed by atoms with Gasteiger partial charge in [0.15, 0.2) is 0 Å². The minimum absolute atomic E-state index is 0.0482. The van der Waals surface area contributed by atoms with E-state index in [9.17, 15) is 16.4 Å². The lowest BCUT2D eigenvalue weighted by Gasteiger charge is -2.26. The van der Waals surface area contributed by atoms with Crippen LogP contribution in [0.1, 0.15) is 16.4 Å². The monoisotopic (exact) mass is 763 g/mol. The fourth-order valence-corrected chi connectivity index (χ4v) is 7.22. The predicted molar refractivity (Wildman–Crippen MR) is 251 cm³/mol. The Morgan fingerprint density at radius 2 is 0.542 bits per heavy atom. The first-order valence-corrected chi connectivity index (χ1v) is 19.3. The Labute approximate surface area is 363 Å². The summed E-state index contributed by atoms with van der Waals surface area (Å²) in [7, 11) is 0. The van der Waals surface area contributed by atoms with Crippen molar-refractivity contribution in [2.75, 3.05) is 4.90 Å². The molecule has 10 rings (SSSR count). The molecule has 10 aromatic carbocycles. The molecule has 0 spiro atoms. The lowest BCUT2D eigenvalue weighted by Crippen LogP contribution is -2.09. The largest absolute Gasteiger partial charge is 0.311 e. The van der Waals surface area contributed by atoms with Gasteiger partial charge in [0.2, 0.25) is 0 Å². The van der Waals surface area contributed by atoms with E-state index in [4.69, 9.17) is 0 Å². The molecule has 1 nitrogen and oxygen atoms in total. The van der Waals surface area contributed by atoms with E-state index in [-0.39, 0.29) is 16.7 Å². The van der Waals surface area contributed by atoms with Gasteiger partial charge in [0.05, 0.1) is 16.4 Å². The molecule has 0 fully saturated rings. The van der Waals surface area contributed by atoms with E-state index >= 15 is 0 Å². The van der Waals surface area contributed by atoms with Crippen LogP contribution in [0.3, 0.4) is 0 Å². The first-order valence-electron chi connectivity index (χ1n) is 25.3. The summed E-state index contributed by atoms with van der Waals surface area (Å²) in [6.45, 7) is 0. The highest BCUT2D eigenvalue weighted by molar-refractivity contribution is 5.89. The van der Waals surface area contributed by atoms with Crippen LogP contribution in [0.4, 0.5) is 17.1 Å². The summed E-state index contributed by atoms with van der Waals surface area (Å²) in [4.78, 5) is 0.853. The molecule has 0 radical (unpaired) electrons. The highest BCUT2D eigenvalue weighted by atomic mass is 15.1. The zero-order chi connectivity index (χ0) is 49.8. The van der Waals surface area contributed by atoms with Crippen molar-refractivity contribution in [1.82, 2.24) is 0 Å². The van der Waals surface area contributed by atoms with Crippen molar-refractivity contribution >= 4 is 27.8 Å². The number of hydrogen-bond donors (Lipinski definition) is 0. The molecule has 10 aromatic rings. The molecule has 1 heteroatoms. The van der Waals surface area contributed by atoms with Crippen LogP contribution in [-0.4, -0.2) is 0 Å². The summed E-state index contributed by atoms with van der Waals surface area (Å²) in [6.07, 6.45) is 0. The molecular weight excluding hydrogens is 711 g/mol. The molecule has 0 atom stereocenters. The fraction of sp³-hybridized carbons (Fsp3) is 0. The number of hydrogen-bond acceptors (Lipinski definition) is 1. The lowest BCUT2D eigenvalue weighted by molar-refractivity contribution is 1.28. The van der Waals surface area contributed by atoms with Crippen LogP contribution < -0.4 is 4.90 Å². The van der Waals surface area contributed by atoms with E-state index in [1.807, 2.05) is 115 Å². The Bertz CT molecular complexity index is 3590. The maximum atomic E-state index is 9.73. The van der Waals surface area contributed by atoms with Gasteiger partial charge in [-0.15, -0.1) is 0 Å². The van der Waals surface area contributed by atoms with Gasteiger partial charge in [0.25, 0.3) is 0 Å². The van der Waals surface area contributed by atoms with Crippen LogP contribution in [0.2, 0.25) is 0 Å². The van der Waals surface area contributed by atoms with Gasteiger partial charge in [0, 0.05) is 17.1 Å². The lowest BCUT2D eigenvalue weighted by atomic mass is 9.93. The van der Waals surface area contributed by atoms with Gasteiger partial charge in [0.1, 0.15) is 0 Å². The smallest absolute Gasteiger partial charge is 0.0645 e. The summed E-state index contributed by atoms with van der Waals surface area (Å²) in [5, 5.41) is 2.06. The van der Waals surface area contributed by atoms with Crippen molar-refractivity contribution in [2.45, 2.75) is 0 Å². The van der Waals surface area contributed by atoms with Crippen molar-refractivity contribution in [3.8, 4) is 66.8 Å². The maximum Gasteiger partial charge on any atom is 0.0645 e. The average molecular weight is 764 g/mol. The summed E-state index contributed by atoms with van der Waals surface area (Å²) >= 11 is 0. The summed E-state index contributed by atoms with van der Waals surface area (Å²) in [5.41, 5.74) is 3.96. The molecule has 0 aliphatic rings. The van der Waals surface area contributed by atoms with E-state index in [1.165, 1.54) is 0 Å². The first kappa shape index (κ1) is 24.8. The summed E-state index contributed by atoms with van der Waals surface area (Å²) < 4.78 is 115. The van der Waals surface area contributed by atoms with Crippen molar-refractivity contribution in [3.63, 3.8) is 0 Å². The van der Waals surface area contributed by atoms with Crippen LogP contribution >= 0.6 is 0 Å². The first-order chi connectivity index (χ1) is 34.2. The van der Waals surface area contributed by atoms with Crippen LogP contribution in [0, 0.1) is 0 Å². The molecule has 0 aliphatic carbocycles. The Balaban J connectivity index is 1.22. The molecule has 0 aliphatic heterocycles. The molecule has 278 valence electrons. The molecule has 0 bridgehead atoms. The predicted octanol–water partition coefficient (Wildman–Crippen LogP) is 16.3. The number of nitrogens with zero attached hydrogens (tertiary/aromatic N) is 1. The third-order valence-corrected chi connectivity index (χ3v) is 10.2. The van der Waals surface area contributed by atoms with Crippen LogP contribution in [0.25, 0.3) is 77.5 Å². The fourth-order valence-electron chi connectivity index (χ4n) is 7.22. The van der Waals surface area contributed by atoms with E-state index in [1.54, 1.807) is 60.7 Å². The Kier molecular flexibility index (Phi) is 6.73. The number of benzene rings is 10. The third-order valence-electron chi connectivity index (χ3n) is 10.2. The zero-order valence-corrected chi connectivity index (χ0v) is 31.7. The maximum absolute atomic E-state index is 9.73. The molecule has 0 saturated heterocycles. The second kappa shape index (κ2) is 16.0. The van der Waals surface area contributed by atoms with Crippen molar-refractivity contribution in [2.24, 2.45) is 0 Å². The molecule has 0 saturated carbocycles. The van der Waals surface area contributed by atoms with Crippen molar-refractivity contribution in [1.29, 1.82) is 0 Å². The summed E-state index contributed by atoms with van der Waals surface area (Å²) in [6, 6.07) is 46.8. The molecule has 59 heavy (non-hydrogen) atoms. The molecule has 0 N–H and O–H groups in total. The van der Waals surface area contributed by atoms with Crippen molar-refractivity contribution < 1.29 is 16.4 Å². The van der Waals surface area contributed by atoms with Gasteiger partial charge in [-0.1, -0.05) is 182 Å². The molecule has 0 aromatic heterocycles. The molecule has 0 heterocycles. The van der Waals surface area contributed by atoms with Crippen LogP contribution in [0.15, 0.2) is 248 Å². The molecule has 0 unspecified atom stereocenters. The van der Waals surface area contributed by atoms with Gasteiger partial charge in [-0.25, -0.2) is 0 Å². The van der Waals surface area contributed by atoms with E-state index < -0.39 is 89.6 Å². The quantitative estimate of drug-likeness (QED) is 0.142. The zero-order valence-electron chi connectivity index (χ0n) is 43.7. The number of fused-ring (bicyclic) bond motifs is 1. The van der Waals surface area contributed by atoms with Gasteiger partial charge < -0.3 is 4.90 Å². The second-order valence-corrected chi connectivity index (χ2v) is 14.0. The Morgan fingerprint density at radius 3 is 1.03 bits per heavy atom. The van der Waals surface area contributed by atoms with Gasteiger partial charge in [-0.3, -0.25) is 0 Å².